The SMILES string of the molecule is Fc1ccc(Cl)cc1NC(=S)N1CCOC(COc2nccc(C(F)(F)F)n2)C1. The number of rotatable bonds is 4. The summed E-state index contributed by atoms with van der Waals surface area (Å²) in [6, 6.07) is 4.41. The summed E-state index contributed by atoms with van der Waals surface area (Å²) in [5, 5.41) is 3.40. The van der Waals surface area contributed by atoms with Crippen LogP contribution >= 0.6 is 23.8 Å². The largest absolute Gasteiger partial charge is 0.461 e. The second-order valence-electron chi connectivity index (χ2n) is 6.03. The number of hydrogen-bond acceptors (Lipinski definition) is 5. The molecule has 1 fully saturated rings. The van der Waals surface area contributed by atoms with Crippen molar-refractivity contribution in [1.29, 1.82) is 0 Å². The summed E-state index contributed by atoms with van der Waals surface area (Å²) in [6.45, 7) is 0.959. The van der Waals surface area contributed by atoms with Crippen molar-refractivity contribution < 1.29 is 27.0 Å². The summed E-state index contributed by atoms with van der Waals surface area (Å²) in [5.74, 6) is -0.508. The number of thiocarbonyl (C=S) groups is 1. The van der Waals surface area contributed by atoms with Crippen LogP contribution in [0.5, 0.6) is 6.01 Å². The lowest BCUT2D eigenvalue weighted by Crippen LogP contribution is -2.49. The predicted molar refractivity (Wildman–Crippen MR) is 101 cm³/mol. The highest BCUT2D eigenvalue weighted by Gasteiger charge is 2.33. The monoisotopic (exact) mass is 450 g/mol. The Morgan fingerprint density at radius 1 is 1.38 bits per heavy atom. The third kappa shape index (κ3) is 5.87. The molecule has 6 nitrogen and oxygen atoms in total. The van der Waals surface area contributed by atoms with E-state index in [-0.39, 0.29) is 24.0 Å². The average molecular weight is 451 g/mol. The Bertz CT molecular complexity index is 887. The summed E-state index contributed by atoms with van der Waals surface area (Å²) >= 11 is 11.2. The van der Waals surface area contributed by atoms with Crippen LogP contribution in [0, 0.1) is 5.82 Å². The minimum absolute atomic E-state index is 0.0774. The van der Waals surface area contributed by atoms with E-state index in [0.717, 1.165) is 12.3 Å². The first-order valence-corrected chi connectivity index (χ1v) is 9.16. The fourth-order valence-corrected chi connectivity index (χ4v) is 2.98. The Labute approximate surface area is 173 Å². The summed E-state index contributed by atoms with van der Waals surface area (Å²) < 4.78 is 62.8. The number of ether oxygens (including phenoxy) is 2. The molecule has 1 aliphatic rings. The molecule has 12 heteroatoms. The van der Waals surface area contributed by atoms with Gasteiger partial charge in [0.15, 0.2) is 10.8 Å². The van der Waals surface area contributed by atoms with E-state index in [4.69, 9.17) is 33.3 Å². The predicted octanol–water partition coefficient (Wildman–Crippen LogP) is 3.76. The molecular formula is C17H15ClF4N4O2S. The first-order chi connectivity index (χ1) is 13.7. The van der Waals surface area contributed by atoms with Crippen LogP contribution in [0.2, 0.25) is 5.02 Å². The average Bonchev–Trinajstić information content (AvgIpc) is 2.69. The summed E-state index contributed by atoms with van der Waals surface area (Å²) in [6.07, 6.45) is -4.12. The van der Waals surface area contributed by atoms with E-state index >= 15 is 0 Å². The molecule has 1 N–H and O–H groups in total. The maximum atomic E-state index is 13.9. The molecule has 0 aliphatic carbocycles. The molecule has 29 heavy (non-hydrogen) atoms. The van der Waals surface area contributed by atoms with Crippen molar-refractivity contribution in [3.8, 4) is 6.01 Å². The highest BCUT2D eigenvalue weighted by molar-refractivity contribution is 7.80. The molecule has 3 rings (SSSR count). The molecule has 0 radical (unpaired) electrons. The third-order valence-electron chi connectivity index (χ3n) is 3.92. The molecule has 0 bridgehead atoms. The second kappa shape index (κ2) is 9.06. The van der Waals surface area contributed by atoms with Gasteiger partial charge >= 0.3 is 12.2 Å². The number of anilines is 1. The van der Waals surface area contributed by atoms with Gasteiger partial charge in [0, 0.05) is 24.3 Å². The van der Waals surface area contributed by atoms with Gasteiger partial charge in [-0.3, -0.25) is 0 Å². The Morgan fingerprint density at radius 3 is 2.93 bits per heavy atom. The van der Waals surface area contributed by atoms with Gasteiger partial charge in [0.05, 0.1) is 12.3 Å². The maximum absolute atomic E-state index is 13.9. The lowest BCUT2D eigenvalue weighted by Gasteiger charge is -2.34. The number of benzene rings is 1. The van der Waals surface area contributed by atoms with Gasteiger partial charge in [-0.2, -0.15) is 18.2 Å². The molecule has 0 saturated carbocycles. The molecule has 2 heterocycles. The standard InChI is InChI=1S/C17H15ClF4N4O2S/c18-10-1-2-12(19)13(7-10)24-16(29)26-5-6-27-11(8-26)9-28-15-23-4-3-14(25-15)17(20,21)22/h1-4,7,11H,5-6,8-9H2,(H,24,29). The zero-order chi connectivity index (χ0) is 21.0. The van der Waals surface area contributed by atoms with Crippen molar-refractivity contribution in [2.24, 2.45) is 0 Å². The molecule has 2 aromatic rings. The molecular weight excluding hydrogens is 436 g/mol. The summed E-state index contributed by atoms with van der Waals surface area (Å²) in [7, 11) is 0. The molecule has 1 saturated heterocycles. The van der Waals surface area contributed by atoms with E-state index in [1.807, 2.05) is 0 Å². The number of hydrogen-bond donors (Lipinski definition) is 1. The lowest BCUT2D eigenvalue weighted by atomic mass is 10.3. The smallest absolute Gasteiger partial charge is 0.433 e. The van der Waals surface area contributed by atoms with E-state index < -0.39 is 29.8 Å². The van der Waals surface area contributed by atoms with E-state index in [1.165, 1.54) is 18.2 Å². The van der Waals surface area contributed by atoms with Crippen molar-refractivity contribution >= 4 is 34.6 Å². The Balaban J connectivity index is 1.56. The van der Waals surface area contributed by atoms with Crippen LogP contribution in [0.15, 0.2) is 30.5 Å². The zero-order valence-corrected chi connectivity index (χ0v) is 16.3. The number of nitrogens with zero attached hydrogens (tertiary/aromatic N) is 3. The molecule has 1 aliphatic heterocycles. The van der Waals surface area contributed by atoms with Crippen molar-refractivity contribution in [2.75, 3.05) is 31.6 Å². The zero-order valence-electron chi connectivity index (χ0n) is 14.7. The van der Waals surface area contributed by atoms with Gasteiger partial charge in [-0.1, -0.05) is 11.6 Å². The van der Waals surface area contributed by atoms with E-state index in [9.17, 15) is 17.6 Å². The Morgan fingerprint density at radius 2 is 2.17 bits per heavy atom. The van der Waals surface area contributed by atoms with Gasteiger partial charge in [0.1, 0.15) is 18.5 Å². The van der Waals surface area contributed by atoms with Gasteiger partial charge in [0.25, 0.3) is 0 Å². The van der Waals surface area contributed by atoms with Crippen LogP contribution < -0.4 is 10.1 Å². The third-order valence-corrected chi connectivity index (χ3v) is 4.51. The van der Waals surface area contributed by atoms with E-state index in [2.05, 4.69) is 15.3 Å². The fourth-order valence-electron chi connectivity index (χ4n) is 2.53. The van der Waals surface area contributed by atoms with Crippen molar-refractivity contribution in [3.63, 3.8) is 0 Å². The number of nitrogens with one attached hydrogen (secondary N) is 1. The number of morpholine rings is 1. The summed E-state index contributed by atoms with van der Waals surface area (Å²) in [4.78, 5) is 8.74. The van der Waals surface area contributed by atoms with E-state index in [1.54, 1.807) is 4.90 Å². The molecule has 1 unspecified atom stereocenters. The molecule has 1 aromatic heterocycles. The quantitative estimate of drug-likeness (QED) is 0.562. The minimum atomic E-state index is -4.59. The number of aromatic nitrogens is 2. The minimum Gasteiger partial charge on any atom is -0.461 e. The highest BCUT2D eigenvalue weighted by atomic mass is 35.5. The van der Waals surface area contributed by atoms with Gasteiger partial charge in [0.2, 0.25) is 0 Å². The van der Waals surface area contributed by atoms with Gasteiger partial charge in [-0.05, 0) is 36.5 Å². The van der Waals surface area contributed by atoms with Crippen LogP contribution in [0.4, 0.5) is 23.2 Å². The van der Waals surface area contributed by atoms with E-state index in [0.29, 0.717) is 18.2 Å². The molecule has 156 valence electrons. The van der Waals surface area contributed by atoms with Crippen molar-refractivity contribution in [1.82, 2.24) is 14.9 Å². The second-order valence-corrected chi connectivity index (χ2v) is 6.85. The normalized spacial score (nSPS) is 17.1. The van der Waals surface area contributed by atoms with Gasteiger partial charge < -0.3 is 19.7 Å². The first kappa shape index (κ1) is 21.5. The molecule has 1 atom stereocenters. The lowest BCUT2D eigenvalue weighted by molar-refractivity contribution is -0.141. The van der Waals surface area contributed by atoms with Crippen LogP contribution in [-0.4, -0.2) is 52.4 Å². The van der Waals surface area contributed by atoms with Crippen LogP contribution in [-0.2, 0) is 10.9 Å². The summed E-state index contributed by atoms with van der Waals surface area (Å²) in [5.41, 5.74) is -0.957. The van der Waals surface area contributed by atoms with Gasteiger partial charge in [-0.25, -0.2) is 9.37 Å². The van der Waals surface area contributed by atoms with Gasteiger partial charge in [-0.15, -0.1) is 0 Å². The van der Waals surface area contributed by atoms with Crippen LogP contribution in [0.3, 0.4) is 0 Å². The molecule has 0 spiro atoms. The molecule has 1 aromatic carbocycles. The Hall–Kier alpha value is -2.24. The van der Waals surface area contributed by atoms with Crippen LogP contribution in [0.25, 0.3) is 0 Å². The Kier molecular flexibility index (Phi) is 6.70. The molecule has 0 amide bonds. The van der Waals surface area contributed by atoms with Crippen molar-refractivity contribution in [2.45, 2.75) is 12.3 Å². The highest BCUT2D eigenvalue weighted by Crippen LogP contribution is 2.28. The maximum Gasteiger partial charge on any atom is 0.433 e. The first-order valence-electron chi connectivity index (χ1n) is 8.38. The van der Waals surface area contributed by atoms with Crippen molar-refractivity contribution in [3.05, 3.63) is 47.0 Å². The topological polar surface area (TPSA) is 59.5 Å². The van der Waals surface area contributed by atoms with Crippen LogP contribution in [0.1, 0.15) is 5.69 Å². The number of alkyl halides is 3. The number of halogens is 5. The fraction of sp³-hybridized carbons (Fsp3) is 0.353.